The normalized spacial score (nSPS) is 15.3. The molecule has 0 aromatic heterocycles. The minimum atomic E-state index is -0.488. The van der Waals surface area contributed by atoms with E-state index in [1.54, 1.807) is 0 Å². The zero-order valence-corrected chi connectivity index (χ0v) is 18.8. The first-order chi connectivity index (χ1) is 15.6. The molecule has 0 radical (unpaired) electrons. The Morgan fingerprint density at radius 2 is 1.75 bits per heavy atom. The third-order valence-electron chi connectivity index (χ3n) is 5.32. The predicted octanol–water partition coefficient (Wildman–Crippen LogP) is 3.94. The van der Waals surface area contributed by atoms with Crippen LogP contribution in [0.15, 0.2) is 48.5 Å². The van der Waals surface area contributed by atoms with Crippen LogP contribution in [0.1, 0.15) is 37.8 Å². The summed E-state index contributed by atoms with van der Waals surface area (Å²) in [4.78, 5) is 26.8. The molecule has 1 aliphatic heterocycles. The number of carbonyl (C=O) groups is 2. The monoisotopic (exact) mass is 440 g/mol. The molecule has 1 aliphatic rings. The highest BCUT2D eigenvalue weighted by atomic mass is 16.6. The van der Waals surface area contributed by atoms with Crippen molar-refractivity contribution in [2.24, 2.45) is 0 Å². The van der Waals surface area contributed by atoms with Crippen LogP contribution < -0.4 is 14.8 Å². The zero-order valence-electron chi connectivity index (χ0n) is 18.8. The van der Waals surface area contributed by atoms with Gasteiger partial charge in [0, 0.05) is 13.1 Å². The number of likely N-dealkylation sites (tertiary alicyclic amines) is 1. The number of benzene rings is 2. The van der Waals surface area contributed by atoms with Gasteiger partial charge in [-0.1, -0.05) is 36.4 Å². The number of carbonyl (C=O) groups excluding carboxylic acids is 2. The molecular formula is C25H32N2O5. The molecule has 1 saturated heterocycles. The average molecular weight is 441 g/mol. The molecule has 0 spiro atoms. The van der Waals surface area contributed by atoms with Crippen molar-refractivity contribution >= 4 is 12.0 Å². The largest absolute Gasteiger partial charge is 0.490 e. The van der Waals surface area contributed by atoms with Gasteiger partial charge < -0.3 is 19.5 Å². The lowest BCUT2D eigenvalue weighted by Crippen LogP contribution is -2.46. The van der Waals surface area contributed by atoms with E-state index in [1.165, 1.54) is 4.90 Å². The molecular weight excluding hydrogens is 408 g/mol. The Labute approximate surface area is 189 Å². The Kier molecular flexibility index (Phi) is 8.78. The maximum Gasteiger partial charge on any atom is 0.410 e. The molecule has 0 bridgehead atoms. The Morgan fingerprint density at radius 3 is 2.50 bits per heavy atom. The number of ether oxygens (including phenoxy) is 3. The van der Waals surface area contributed by atoms with E-state index in [1.807, 2.05) is 62.4 Å². The second-order valence-corrected chi connectivity index (χ2v) is 7.58. The van der Waals surface area contributed by atoms with Crippen LogP contribution in [0.4, 0.5) is 4.79 Å². The lowest BCUT2D eigenvalue weighted by atomic mass is 10.1. The van der Waals surface area contributed by atoms with E-state index in [0.717, 1.165) is 23.3 Å². The summed E-state index contributed by atoms with van der Waals surface area (Å²) in [5.74, 6) is 1.29. The minimum absolute atomic E-state index is 0.143. The van der Waals surface area contributed by atoms with Gasteiger partial charge in [0.05, 0.1) is 13.2 Å². The molecule has 7 heteroatoms. The van der Waals surface area contributed by atoms with E-state index in [9.17, 15) is 9.59 Å². The van der Waals surface area contributed by atoms with Crippen molar-refractivity contribution in [1.29, 1.82) is 0 Å². The minimum Gasteiger partial charge on any atom is -0.490 e. The molecule has 0 saturated carbocycles. The number of amides is 2. The molecule has 0 unspecified atom stereocenters. The molecule has 1 N–H and O–H groups in total. The van der Waals surface area contributed by atoms with Gasteiger partial charge in [0.2, 0.25) is 5.91 Å². The van der Waals surface area contributed by atoms with Crippen molar-refractivity contribution in [2.45, 2.75) is 45.8 Å². The Balaban J connectivity index is 1.49. The molecule has 3 rings (SSSR count). The highest BCUT2D eigenvalue weighted by Crippen LogP contribution is 2.28. The highest BCUT2D eigenvalue weighted by molar-refractivity contribution is 5.86. The highest BCUT2D eigenvalue weighted by Gasteiger charge is 2.34. The van der Waals surface area contributed by atoms with Gasteiger partial charge in [0.25, 0.3) is 0 Å². The van der Waals surface area contributed by atoms with E-state index in [0.29, 0.717) is 44.9 Å². The predicted molar refractivity (Wildman–Crippen MR) is 122 cm³/mol. The first-order valence-electron chi connectivity index (χ1n) is 11.3. The molecule has 0 aliphatic carbocycles. The number of rotatable bonds is 10. The molecule has 2 aromatic rings. The Bertz CT molecular complexity index is 887. The van der Waals surface area contributed by atoms with Gasteiger partial charge >= 0.3 is 6.09 Å². The topological polar surface area (TPSA) is 77.1 Å². The van der Waals surface area contributed by atoms with Crippen LogP contribution in [0.25, 0.3) is 0 Å². The summed E-state index contributed by atoms with van der Waals surface area (Å²) < 4.78 is 16.7. The van der Waals surface area contributed by atoms with Crippen LogP contribution in [-0.4, -0.2) is 49.2 Å². The summed E-state index contributed by atoms with van der Waals surface area (Å²) in [5, 5.41) is 2.96. The number of nitrogens with zero attached hydrogens (tertiary/aromatic N) is 1. The summed E-state index contributed by atoms with van der Waals surface area (Å²) in [6.45, 7) is 6.19. The standard InChI is InChI=1S/C25H32N2O5/c1-3-30-22-13-12-19(17-23(22)31-4-2)14-15-26-24(28)21-11-8-16-27(21)25(29)32-18-20-9-6-5-7-10-20/h5-7,9-10,12-13,17,21H,3-4,8,11,14-16,18H2,1-2H3,(H,26,28)/t21-/m1/s1. The van der Waals surface area contributed by atoms with Gasteiger partial charge in [-0.05, 0) is 56.4 Å². The first-order valence-corrected chi connectivity index (χ1v) is 11.3. The summed E-state index contributed by atoms with van der Waals surface area (Å²) in [7, 11) is 0. The average Bonchev–Trinajstić information content (AvgIpc) is 3.30. The lowest BCUT2D eigenvalue weighted by Gasteiger charge is -2.23. The van der Waals surface area contributed by atoms with Crippen LogP contribution in [0.5, 0.6) is 11.5 Å². The molecule has 1 fully saturated rings. The zero-order chi connectivity index (χ0) is 22.8. The van der Waals surface area contributed by atoms with Crippen molar-refractivity contribution in [1.82, 2.24) is 10.2 Å². The second-order valence-electron chi connectivity index (χ2n) is 7.58. The number of hydrogen-bond donors (Lipinski definition) is 1. The van der Waals surface area contributed by atoms with Crippen molar-refractivity contribution in [3.8, 4) is 11.5 Å². The molecule has 1 atom stereocenters. The molecule has 7 nitrogen and oxygen atoms in total. The van der Waals surface area contributed by atoms with Crippen LogP contribution >= 0.6 is 0 Å². The van der Waals surface area contributed by atoms with Crippen molar-refractivity contribution in [2.75, 3.05) is 26.3 Å². The van der Waals surface area contributed by atoms with Gasteiger partial charge in [0.1, 0.15) is 12.6 Å². The summed E-state index contributed by atoms with van der Waals surface area (Å²) in [6.07, 6.45) is 1.64. The van der Waals surface area contributed by atoms with Gasteiger partial charge in [-0.15, -0.1) is 0 Å². The SMILES string of the molecule is CCOc1ccc(CCNC(=O)[C@H]2CCCN2C(=O)OCc2ccccc2)cc1OCC. The van der Waals surface area contributed by atoms with Crippen LogP contribution in [-0.2, 0) is 22.6 Å². The van der Waals surface area contributed by atoms with Crippen LogP contribution in [0, 0.1) is 0 Å². The van der Waals surface area contributed by atoms with Crippen molar-refractivity contribution < 1.29 is 23.8 Å². The Morgan fingerprint density at radius 1 is 1.00 bits per heavy atom. The van der Waals surface area contributed by atoms with Gasteiger partial charge in [-0.2, -0.15) is 0 Å². The first kappa shape index (κ1) is 23.4. The van der Waals surface area contributed by atoms with Crippen molar-refractivity contribution in [3.05, 3.63) is 59.7 Å². The summed E-state index contributed by atoms with van der Waals surface area (Å²) >= 11 is 0. The molecule has 2 aromatic carbocycles. The van der Waals surface area contributed by atoms with Crippen molar-refractivity contribution in [3.63, 3.8) is 0 Å². The quantitative estimate of drug-likeness (QED) is 0.606. The van der Waals surface area contributed by atoms with Gasteiger partial charge in [0.15, 0.2) is 11.5 Å². The van der Waals surface area contributed by atoms with E-state index >= 15 is 0 Å². The van der Waals surface area contributed by atoms with E-state index in [4.69, 9.17) is 14.2 Å². The maximum absolute atomic E-state index is 12.7. The van der Waals surface area contributed by atoms with E-state index in [-0.39, 0.29) is 12.5 Å². The van der Waals surface area contributed by atoms with Crippen LogP contribution in [0.2, 0.25) is 0 Å². The second kappa shape index (κ2) is 12.0. The third-order valence-corrected chi connectivity index (χ3v) is 5.32. The van der Waals surface area contributed by atoms with E-state index in [2.05, 4.69) is 5.32 Å². The number of hydrogen-bond acceptors (Lipinski definition) is 5. The molecule has 2 amide bonds. The Hall–Kier alpha value is -3.22. The fourth-order valence-electron chi connectivity index (χ4n) is 3.76. The fraction of sp³-hybridized carbons (Fsp3) is 0.440. The number of nitrogens with one attached hydrogen (secondary N) is 1. The molecule has 1 heterocycles. The lowest BCUT2D eigenvalue weighted by molar-refractivity contribution is -0.125. The summed E-state index contributed by atoms with van der Waals surface area (Å²) in [6, 6.07) is 14.8. The van der Waals surface area contributed by atoms with Crippen LogP contribution in [0.3, 0.4) is 0 Å². The van der Waals surface area contributed by atoms with Gasteiger partial charge in [-0.25, -0.2) is 4.79 Å². The van der Waals surface area contributed by atoms with E-state index < -0.39 is 12.1 Å². The molecule has 172 valence electrons. The van der Waals surface area contributed by atoms with Gasteiger partial charge in [-0.3, -0.25) is 9.69 Å². The third kappa shape index (κ3) is 6.39. The smallest absolute Gasteiger partial charge is 0.410 e. The summed E-state index contributed by atoms with van der Waals surface area (Å²) in [5.41, 5.74) is 1.96. The molecule has 32 heavy (non-hydrogen) atoms. The maximum atomic E-state index is 12.7. The fourth-order valence-corrected chi connectivity index (χ4v) is 3.76.